The highest BCUT2D eigenvalue weighted by Gasteiger charge is 2.18. The molecule has 0 radical (unpaired) electrons. The highest BCUT2D eigenvalue weighted by Crippen LogP contribution is 2.28. The lowest BCUT2D eigenvalue weighted by molar-refractivity contribution is -0.118. The van der Waals surface area contributed by atoms with Gasteiger partial charge >= 0.3 is 0 Å². The predicted octanol–water partition coefficient (Wildman–Crippen LogP) is 5.15. The number of carbonyl (C=O) groups is 1. The summed E-state index contributed by atoms with van der Waals surface area (Å²) in [4.78, 5) is 19.8. The van der Waals surface area contributed by atoms with Gasteiger partial charge in [0.1, 0.15) is 5.52 Å². The van der Waals surface area contributed by atoms with Crippen molar-refractivity contribution in [2.75, 3.05) is 25.4 Å². The van der Waals surface area contributed by atoms with Crippen LogP contribution in [0.1, 0.15) is 38.2 Å². The molecule has 0 aliphatic carbocycles. The maximum atomic E-state index is 12.4. The lowest BCUT2D eigenvalue weighted by Gasteiger charge is -2.33. The van der Waals surface area contributed by atoms with Crippen molar-refractivity contribution >= 4 is 51.3 Å². The van der Waals surface area contributed by atoms with Crippen molar-refractivity contribution < 1.29 is 4.79 Å². The van der Waals surface area contributed by atoms with Gasteiger partial charge in [-0.2, -0.15) is 0 Å². The predicted molar refractivity (Wildman–Crippen MR) is 147 cm³/mol. The SMILES string of the molecule is CC1CCCCN1CCCNC(=O)CSc1nnc2c3ccccc3n(Cc3cccc(Cl)c3)c2n1. The van der Waals surface area contributed by atoms with Crippen LogP contribution in [0, 0.1) is 0 Å². The first-order valence-electron chi connectivity index (χ1n) is 12.6. The number of fused-ring (bicyclic) bond motifs is 3. The van der Waals surface area contributed by atoms with Crippen LogP contribution in [-0.2, 0) is 11.3 Å². The highest BCUT2D eigenvalue weighted by atomic mass is 35.5. The van der Waals surface area contributed by atoms with Crippen LogP contribution >= 0.6 is 23.4 Å². The number of amides is 1. The third kappa shape index (κ3) is 5.82. The summed E-state index contributed by atoms with van der Waals surface area (Å²) in [6.45, 7) is 5.81. The van der Waals surface area contributed by atoms with E-state index in [0.717, 1.165) is 40.6 Å². The summed E-state index contributed by atoms with van der Waals surface area (Å²) in [7, 11) is 0. The third-order valence-electron chi connectivity index (χ3n) is 6.80. The number of likely N-dealkylation sites (tertiary alicyclic amines) is 1. The van der Waals surface area contributed by atoms with E-state index in [2.05, 4.69) is 38.0 Å². The normalized spacial score (nSPS) is 16.6. The van der Waals surface area contributed by atoms with Gasteiger partial charge in [0.15, 0.2) is 5.65 Å². The zero-order valence-corrected chi connectivity index (χ0v) is 22.1. The van der Waals surface area contributed by atoms with Gasteiger partial charge in [-0.25, -0.2) is 4.98 Å². The van der Waals surface area contributed by atoms with Crippen molar-refractivity contribution in [2.24, 2.45) is 0 Å². The van der Waals surface area contributed by atoms with Crippen molar-refractivity contribution in [3.8, 4) is 0 Å². The lowest BCUT2D eigenvalue weighted by atomic mass is 10.0. The number of hydrogen-bond acceptors (Lipinski definition) is 6. The largest absolute Gasteiger partial charge is 0.355 e. The zero-order chi connectivity index (χ0) is 24.9. The number of nitrogens with zero attached hydrogens (tertiary/aromatic N) is 5. The molecular formula is C27H31ClN6OS. The summed E-state index contributed by atoms with van der Waals surface area (Å²) in [5.41, 5.74) is 3.63. The second-order valence-electron chi connectivity index (χ2n) is 9.37. The number of hydrogen-bond donors (Lipinski definition) is 1. The molecule has 7 nitrogen and oxygen atoms in total. The minimum absolute atomic E-state index is 0.00476. The lowest BCUT2D eigenvalue weighted by Crippen LogP contribution is -2.39. The first kappa shape index (κ1) is 25.0. The average molecular weight is 523 g/mol. The Morgan fingerprint density at radius 1 is 1.17 bits per heavy atom. The second kappa shape index (κ2) is 11.6. The fourth-order valence-electron chi connectivity index (χ4n) is 4.91. The van der Waals surface area contributed by atoms with Gasteiger partial charge in [0.05, 0.1) is 11.3 Å². The second-order valence-corrected chi connectivity index (χ2v) is 10.8. The van der Waals surface area contributed by atoms with E-state index in [1.165, 1.54) is 37.6 Å². The monoisotopic (exact) mass is 522 g/mol. The molecule has 2 aromatic heterocycles. The number of halogens is 1. The van der Waals surface area contributed by atoms with Crippen LogP contribution in [-0.4, -0.2) is 62.0 Å². The van der Waals surface area contributed by atoms with Crippen LogP contribution in [0.4, 0.5) is 0 Å². The Labute approximate surface area is 220 Å². The van der Waals surface area contributed by atoms with E-state index in [1.54, 1.807) is 0 Å². The summed E-state index contributed by atoms with van der Waals surface area (Å²) in [5.74, 6) is 0.261. The summed E-state index contributed by atoms with van der Waals surface area (Å²) in [6, 6.07) is 16.6. The molecule has 0 saturated carbocycles. The molecule has 1 aliphatic heterocycles. The van der Waals surface area contributed by atoms with E-state index in [-0.39, 0.29) is 11.7 Å². The molecular weight excluding hydrogens is 492 g/mol. The summed E-state index contributed by atoms with van der Waals surface area (Å²) in [6.07, 6.45) is 4.85. The number of nitrogens with one attached hydrogen (secondary N) is 1. The van der Waals surface area contributed by atoms with Gasteiger partial charge < -0.3 is 14.8 Å². The topological polar surface area (TPSA) is 75.9 Å². The molecule has 2 aromatic carbocycles. The van der Waals surface area contributed by atoms with Gasteiger partial charge in [0.25, 0.3) is 0 Å². The van der Waals surface area contributed by atoms with Crippen LogP contribution in [0.2, 0.25) is 5.02 Å². The van der Waals surface area contributed by atoms with Crippen LogP contribution in [0.25, 0.3) is 22.1 Å². The van der Waals surface area contributed by atoms with Crippen molar-refractivity contribution in [2.45, 2.75) is 50.4 Å². The fraction of sp³-hybridized carbons (Fsp3) is 0.407. The number of thioether (sulfide) groups is 1. The number of piperidine rings is 1. The molecule has 188 valence electrons. The van der Waals surface area contributed by atoms with E-state index in [1.807, 2.05) is 42.5 Å². The van der Waals surface area contributed by atoms with E-state index >= 15 is 0 Å². The first-order chi connectivity index (χ1) is 17.6. The Hall–Kier alpha value is -2.68. The number of para-hydroxylation sites is 1. The fourth-order valence-corrected chi connectivity index (χ4v) is 5.73. The van der Waals surface area contributed by atoms with Crippen LogP contribution in [0.15, 0.2) is 53.7 Å². The molecule has 5 rings (SSSR count). The average Bonchev–Trinajstić information content (AvgIpc) is 3.19. The van der Waals surface area contributed by atoms with Crippen LogP contribution in [0.5, 0.6) is 0 Å². The molecule has 1 amide bonds. The Morgan fingerprint density at radius 3 is 2.92 bits per heavy atom. The molecule has 0 spiro atoms. The molecule has 9 heteroatoms. The molecule has 3 heterocycles. The number of aromatic nitrogens is 4. The minimum Gasteiger partial charge on any atom is -0.355 e. The van der Waals surface area contributed by atoms with E-state index in [0.29, 0.717) is 29.3 Å². The zero-order valence-electron chi connectivity index (χ0n) is 20.5. The van der Waals surface area contributed by atoms with Crippen LogP contribution < -0.4 is 5.32 Å². The Kier molecular flexibility index (Phi) is 8.04. The van der Waals surface area contributed by atoms with E-state index < -0.39 is 0 Å². The minimum atomic E-state index is -0.00476. The van der Waals surface area contributed by atoms with Crippen LogP contribution in [0.3, 0.4) is 0 Å². The van der Waals surface area contributed by atoms with Gasteiger partial charge in [0.2, 0.25) is 11.1 Å². The molecule has 1 N–H and O–H groups in total. The molecule has 1 fully saturated rings. The maximum Gasteiger partial charge on any atom is 0.230 e. The van der Waals surface area contributed by atoms with Crippen molar-refractivity contribution in [1.82, 2.24) is 30.0 Å². The number of benzene rings is 2. The van der Waals surface area contributed by atoms with Gasteiger partial charge in [0, 0.05) is 36.1 Å². The van der Waals surface area contributed by atoms with E-state index in [4.69, 9.17) is 16.6 Å². The molecule has 1 aliphatic rings. The Morgan fingerprint density at radius 2 is 2.06 bits per heavy atom. The first-order valence-corrected chi connectivity index (χ1v) is 13.9. The maximum absolute atomic E-state index is 12.4. The molecule has 0 bridgehead atoms. The van der Waals surface area contributed by atoms with Gasteiger partial charge in [-0.3, -0.25) is 4.79 Å². The van der Waals surface area contributed by atoms with Gasteiger partial charge in [-0.05, 0) is 56.5 Å². The number of rotatable bonds is 9. The molecule has 1 atom stereocenters. The number of carbonyl (C=O) groups excluding carboxylic acids is 1. The van der Waals surface area contributed by atoms with Gasteiger partial charge in [-0.1, -0.05) is 60.1 Å². The summed E-state index contributed by atoms with van der Waals surface area (Å²) >= 11 is 7.53. The van der Waals surface area contributed by atoms with Crippen molar-refractivity contribution in [1.29, 1.82) is 0 Å². The standard InChI is InChI=1S/C27H31ClN6OS/c1-19-8-4-5-14-33(19)15-7-13-29-24(35)18-36-27-30-26-25(31-32-27)22-11-2-3-12-23(22)34(26)17-20-9-6-10-21(28)16-20/h2-3,6,9-12,16,19H,4-5,7-8,13-15,17-18H2,1H3,(H,29,35). The molecule has 1 unspecified atom stereocenters. The van der Waals surface area contributed by atoms with E-state index in [9.17, 15) is 4.79 Å². The van der Waals surface area contributed by atoms with Crippen molar-refractivity contribution in [3.63, 3.8) is 0 Å². The quantitative estimate of drug-likeness (QED) is 0.242. The smallest absolute Gasteiger partial charge is 0.230 e. The Balaban J connectivity index is 1.24. The molecule has 36 heavy (non-hydrogen) atoms. The van der Waals surface area contributed by atoms with Crippen molar-refractivity contribution in [3.05, 3.63) is 59.1 Å². The highest BCUT2D eigenvalue weighted by molar-refractivity contribution is 7.99. The summed E-state index contributed by atoms with van der Waals surface area (Å²) < 4.78 is 2.14. The summed E-state index contributed by atoms with van der Waals surface area (Å²) in [5, 5.41) is 14.0. The third-order valence-corrected chi connectivity index (χ3v) is 7.87. The van der Waals surface area contributed by atoms with Gasteiger partial charge in [-0.15, -0.1) is 10.2 Å². The Bertz CT molecular complexity index is 1360. The molecule has 1 saturated heterocycles. The molecule has 4 aromatic rings.